The summed E-state index contributed by atoms with van der Waals surface area (Å²) in [6.45, 7) is 6.61. The molecule has 2 N–H and O–H groups in total. The molecule has 0 bridgehead atoms. The van der Waals surface area contributed by atoms with Gasteiger partial charge in [0.2, 0.25) is 5.91 Å². The molecule has 0 saturated carbocycles. The van der Waals surface area contributed by atoms with Crippen LogP contribution in [-0.4, -0.2) is 65.8 Å². The minimum atomic E-state index is -1.01. The minimum Gasteiger partial charge on any atom is -0.497 e. The van der Waals surface area contributed by atoms with E-state index in [1.165, 1.54) is 0 Å². The molecule has 1 aromatic rings. The Balaban J connectivity index is 2.03. The van der Waals surface area contributed by atoms with Gasteiger partial charge in [0.15, 0.2) is 0 Å². The SMILES string of the molecule is COc1ccnc(NC[C@@H]2C[C@@H](OCC(=O)O)CN2C(=O)CC(C)(C)C)c1. The van der Waals surface area contributed by atoms with Crippen molar-refractivity contribution in [2.75, 3.05) is 32.1 Å². The summed E-state index contributed by atoms with van der Waals surface area (Å²) in [7, 11) is 1.59. The first kappa shape index (κ1) is 21.0. The summed E-state index contributed by atoms with van der Waals surface area (Å²) < 4.78 is 10.6. The first-order valence-electron chi connectivity index (χ1n) is 9.05. The van der Waals surface area contributed by atoms with Gasteiger partial charge < -0.3 is 24.8 Å². The van der Waals surface area contributed by atoms with Crippen molar-refractivity contribution in [3.05, 3.63) is 18.3 Å². The lowest BCUT2D eigenvalue weighted by molar-refractivity contribution is -0.144. The van der Waals surface area contributed by atoms with Crippen LogP contribution in [-0.2, 0) is 14.3 Å². The molecule has 0 radical (unpaired) electrons. The van der Waals surface area contributed by atoms with Crippen LogP contribution in [0.1, 0.15) is 33.6 Å². The highest BCUT2D eigenvalue weighted by Gasteiger charge is 2.37. The number of nitrogens with zero attached hydrogens (tertiary/aromatic N) is 2. The van der Waals surface area contributed by atoms with E-state index in [0.717, 1.165) is 0 Å². The maximum atomic E-state index is 12.8. The molecule has 0 spiro atoms. The van der Waals surface area contributed by atoms with Crippen molar-refractivity contribution in [1.29, 1.82) is 0 Å². The third-order valence-electron chi connectivity index (χ3n) is 4.31. The van der Waals surface area contributed by atoms with Gasteiger partial charge >= 0.3 is 5.97 Å². The van der Waals surface area contributed by atoms with Gasteiger partial charge in [-0.1, -0.05) is 20.8 Å². The molecule has 2 atom stereocenters. The fraction of sp³-hybridized carbons (Fsp3) is 0.632. The number of methoxy groups -OCH3 is 1. The summed E-state index contributed by atoms with van der Waals surface area (Å²) in [5.74, 6) is 0.397. The number of ether oxygens (including phenoxy) is 2. The lowest BCUT2D eigenvalue weighted by Gasteiger charge is -2.28. The summed E-state index contributed by atoms with van der Waals surface area (Å²) in [6, 6.07) is 3.45. The van der Waals surface area contributed by atoms with Gasteiger partial charge in [-0.2, -0.15) is 0 Å². The third kappa shape index (κ3) is 6.71. The minimum absolute atomic E-state index is 0.0503. The van der Waals surface area contributed by atoms with Crippen LogP contribution in [0.15, 0.2) is 18.3 Å². The summed E-state index contributed by atoms with van der Waals surface area (Å²) in [6.07, 6.45) is 2.37. The molecule has 1 fully saturated rings. The molecule has 1 aromatic heterocycles. The van der Waals surface area contributed by atoms with Crippen molar-refractivity contribution in [3.63, 3.8) is 0 Å². The third-order valence-corrected chi connectivity index (χ3v) is 4.31. The fourth-order valence-corrected chi connectivity index (χ4v) is 3.09. The molecule has 2 heterocycles. The number of carbonyl (C=O) groups is 2. The Kier molecular flexibility index (Phi) is 7.01. The molecule has 8 heteroatoms. The van der Waals surface area contributed by atoms with Crippen LogP contribution in [0.2, 0.25) is 0 Å². The van der Waals surface area contributed by atoms with Crippen LogP contribution >= 0.6 is 0 Å². The number of carboxylic acid groups (broad SMARTS) is 1. The number of nitrogens with one attached hydrogen (secondary N) is 1. The predicted octanol–water partition coefficient (Wildman–Crippen LogP) is 2.01. The Hall–Kier alpha value is -2.35. The average Bonchev–Trinajstić information content (AvgIpc) is 3.00. The Bertz CT molecular complexity index is 659. The van der Waals surface area contributed by atoms with Gasteiger partial charge in [-0.15, -0.1) is 0 Å². The lowest BCUT2D eigenvalue weighted by Crippen LogP contribution is -2.41. The number of hydrogen-bond acceptors (Lipinski definition) is 6. The normalized spacial score (nSPS) is 19.8. The van der Waals surface area contributed by atoms with Crippen LogP contribution in [0.3, 0.4) is 0 Å². The van der Waals surface area contributed by atoms with Crippen LogP contribution in [0, 0.1) is 5.41 Å². The monoisotopic (exact) mass is 379 g/mol. The highest BCUT2D eigenvalue weighted by molar-refractivity contribution is 5.77. The molecule has 1 aliphatic rings. The lowest BCUT2D eigenvalue weighted by atomic mass is 9.91. The van der Waals surface area contributed by atoms with Crippen molar-refractivity contribution in [2.45, 2.75) is 45.8 Å². The zero-order valence-corrected chi connectivity index (χ0v) is 16.4. The highest BCUT2D eigenvalue weighted by Crippen LogP contribution is 2.26. The first-order chi connectivity index (χ1) is 12.7. The van der Waals surface area contributed by atoms with Gasteiger partial charge in [0.05, 0.1) is 19.3 Å². The Morgan fingerprint density at radius 2 is 2.15 bits per heavy atom. The number of hydrogen-bond donors (Lipinski definition) is 2. The van der Waals surface area contributed by atoms with Crippen molar-refractivity contribution in [2.24, 2.45) is 5.41 Å². The number of anilines is 1. The smallest absolute Gasteiger partial charge is 0.329 e. The van der Waals surface area contributed by atoms with Gasteiger partial charge in [-0.05, 0) is 17.9 Å². The molecule has 0 unspecified atom stereocenters. The maximum absolute atomic E-state index is 12.8. The first-order valence-corrected chi connectivity index (χ1v) is 9.05. The van der Waals surface area contributed by atoms with Gasteiger partial charge in [0.1, 0.15) is 18.2 Å². The highest BCUT2D eigenvalue weighted by atomic mass is 16.5. The van der Waals surface area contributed by atoms with E-state index in [-0.39, 0.29) is 30.1 Å². The molecular formula is C19H29N3O5. The number of carboxylic acids is 1. The second kappa shape index (κ2) is 9.03. The van der Waals surface area contributed by atoms with E-state index in [2.05, 4.69) is 10.3 Å². The predicted molar refractivity (Wildman–Crippen MR) is 101 cm³/mol. The van der Waals surface area contributed by atoms with Gasteiger partial charge in [-0.25, -0.2) is 9.78 Å². The molecule has 27 heavy (non-hydrogen) atoms. The molecule has 8 nitrogen and oxygen atoms in total. The molecule has 2 rings (SSSR count). The number of amides is 1. The van der Waals surface area contributed by atoms with Crippen molar-refractivity contribution < 1.29 is 24.2 Å². The number of aromatic nitrogens is 1. The molecule has 0 aliphatic carbocycles. The zero-order chi connectivity index (χ0) is 20.0. The van der Waals surface area contributed by atoms with Crippen molar-refractivity contribution in [3.8, 4) is 5.75 Å². The van der Waals surface area contributed by atoms with Crippen molar-refractivity contribution >= 4 is 17.7 Å². The summed E-state index contributed by atoms with van der Waals surface area (Å²) in [5.41, 5.74) is -0.122. The van der Waals surface area contributed by atoms with E-state index < -0.39 is 5.97 Å². The second-order valence-electron chi connectivity index (χ2n) is 7.96. The van der Waals surface area contributed by atoms with Gasteiger partial charge in [0.25, 0.3) is 0 Å². The molecule has 0 aromatic carbocycles. The number of likely N-dealkylation sites (tertiary alicyclic amines) is 1. The van der Waals surface area contributed by atoms with E-state index in [0.29, 0.717) is 37.5 Å². The van der Waals surface area contributed by atoms with E-state index in [1.807, 2.05) is 20.8 Å². The van der Waals surface area contributed by atoms with Crippen LogP contribution in [0.25, 0.3) is 0 Å². The Morgan fingerprint density at radius 3 is 2.78 bits per heavy atom. The van der Waals surface area contributed by atoms with E-state index in [1.54, 1.807) is 30.3 Å². The van der Waals surface area contributed by atoms with Gasteiger partial charge in [0, 0.05) is 31.8 Å². The van der Waals surface area contributed by atoms with Crippen LogP contribution in [0.5, 0.6) is 5.75 Å². The topological polar surface area (TPSA) is 101 Å². The number of aliphatic carboxylic acids is 1. The molecule has 1 amide bonds. The summed E-state index contributed by atoms with van der Waals surface area (Å²) >= 11 is 0. The quantitative estimate of drug-likeness (QED) is 0.712. The number of carbonyl (C=O) groups excluding carboxylic acids is 1. The number of rotatable bonds is 8. The summed E-state index contributed by atoms with van der Waals surface area (Å²) in [5, 5.41) is 12.1. The van der Waals surface area contributed by atoms with E-state index in [9.17, 15) is 9.59 Å². The van der Waals surface area contributed by atoms with Crippen molar-refractivity contribution in [1.82, 2.24) is 9.88 Å². The van der Waals surface area contributed by atoms with E-state index in [4.69, 9.17) is 14.6 Å². The zero-order valence-electron chi connectivity index (χ0n) is 16.4. The Morgan fingerprint density at radius 1 is 1.41 bits per heavy atom. The fourth-order valence-electron chi connectivity index (χ4n) is 3.09. The second-order valence-corrected chi connectivity index (χ2v) is 7.96. The Labute approximate surface area is 159 Å². The standard InChI is InChI=1S/C19H29N3O5/c1-19(2,3)9-17(23)22-11-15(27-12-18(24)25)7-13(22)10-21-16-8-14(26-4)5-6-20-16/h5-6,8,13,15H,7,9-12H2,1-4H3,(H,20,21)(H,24,25)/t13-,15+/m0/s1. The molecule has 1 saturated heterocycles. The van der Waals surface area contributed by atoms with Crippen LogP contribution in [0.4, 0.5) is 5.82 Å². The summed E-state index contributed by atoms with van der Waals surface area (Å²) in [4.78, 5) is 29.6. The molecule has 1 aliphatic heterocycles. The number of pyridine rings is 1. The average molecular weight is 379 g/mol. The molecular weight excluding hydrogens is 350 g/mol. The van der Waals surface area contributed by atoms with Crippen LogP contribution < -0.4 is 10.1 Å². The van der Waals surface area contributed by atoms with Gasteiger partial charge in [-0.3, -0.25) is 4.79 Å². The largest absolute Gasteiger partial charge is 0.497 e. The molecule has 150 valence electrons. The maximum Gasteiger partial charge on any atom is 0.329 e. The van der Waals surface area contributed by atoms with E-state index >= 15 is 0 Å².